The molecule has 2 unspecified atom stereocenters. The number of carbonyl (C=O) groups excluding carboxylic acids is 1. The van der Waals surface area contributed by atoms with Crippen LogP contribution in [0.1, 0.15) is 50.5 Å². The zero-order valence-corrected chi connectivity index (χ0v) is 12.8. The van der Waals surface area contributed by atoms with Crippen molar-refractivity contribution in [2.45, 2.75) is 51.0 Å². The van der Waals surface area contributed by atoms with Gasteiger partial charge >= 0.3 is 5.97 Å². The van der Waals surface area contributed by atoms with Crippen LogP contribution in [0, 0.1) is 5.82 Å². The number of carboxylic acid groups (broad SMARTS) is 1. The number of rotatable bonds is 5. The maximum Gasteiger partial charge on any atom is 0.303 e. The molecule has 22 heavy (non-hydrogen) atoms. The van der Waals surface area contributed by atoms with Gasteiger partial charge in [0, 0.05) is 19.0 Å². The van der Waals surface area contributed by atoms with Gasteiger partial charge in [-0.3, -0.25) is 9.59 Å². The maximum absolute atomic E-state index is 13.9. The molecule has 0 bridgehead atoms. The first-order chi connectivity index (χ1) is 10.5. The van der Waals surface area contributed by atoms with Crippen molar-refractivity contribution in [2.24, 2.45) is 0 Å². The first-order valence-electron chi connectivity index (χ1n) is 7.77. The molecule has 1 amide bonds. The van der Waals surface area contributed by atoms with Crippen LogP contribution in [0.3, 0.4) is 0 Å². The lowest BCUT2D eigenvalue weighted by molar-refractivity contribution is -0.140. The van der Waals surface area contributed by atoms with Crippen LogP contribution in [0.4, 0.5) is 4.39 Å². The predicted octanol–water partition coefficient (Wildman–Crippen LogP) is 3.18. The molecule has 0 aromatic heterocycles. The number of hydrogen-bond acceptors (Lipinski definition) is 2. The molecule has 0 spiro atoms. The quantitative estimate of drug-likeness (QED) is 0.909. The van der Waals surface area contributed by atoms with Crippen molar-refractivity contribution in [3.63, 3.8) is 0 Å². The smallest absolute Gasteiger partial charge is 0.303 e. The minimum atomic E-state index is -0.847. The fraction of sp³-hybridized carbons (Fsp3) is 0.529. The number of carbonyl (C=O) groups is 2. The molecule has 1 aliphatic heterocycles. The zero-order chi connectivity index (χ0) is 16.1. The molecule has 1 saturated heterocycles. The monoisotopic (exact) mass is 307 g/mol. The van der Waals surface area contributed by atoms with Gasteiger partial charge in [-0.05, 0) is 44.2 Å². The molecule has 1 heterocycles. The second kappa shape index (κ2) is 7.38. The molecular formula is C17H22FNO3. The van der Waals surface area contributed by atoms with Gasteiger partial charge in [0.15, 0.2) is 0 Å². The molecule has 1 fully saturated rings. The van der Waals surface area contributed by atoms with E-state index in [-0.39, 0.29) is 24.2 Å². The number of hydrogen-bond donors (Lipinski definition) is 1. The van der Waals surface area contributed by atoms with Crippen LogP contribution in [-0.2, 0) is 9.59 Å². The fourth-order valence-corrected chi connectivity index (χ4v) is 3.09. The van der Waals surface area contributed by atoms with Crippen LogP contribution in [0.25, 0.3) is 0 Å². The Kier molecular flexibility index (Phi) is 5.52. The van der Waals surface area contributed by atoms with E-state index in [4.69, 9.17) is 5.11 Å². The van der Waals surface area contributed by atoms with Crippen LogP contribution in [-0.4, -0.2) is 34.5 Å². The molecule has 120 valence electrons. The van der Waals surface area contributed by atoms with Crippen LogP contribution in [0.5, 0.6) is 0 Å². The first kappa shape index (κ1) is 16.5. The highest BCUT2D eigenvalue weighted by Gasteiger charge is 2.31. The summed E-state index contributed by atoms with van der Waals surface area (Å²) in [5, 5.41) is 8.84. The minimum absolute atomic E-state index is 0.0495. The van der Waals surface area contributed by atoms with Crippen molar-refractivity contribution >= 4 is 11.9 Å². The van der Waals surface area contributed by atoms with Crippen molar-refractivity contribution < 1.29 is 19.1 Å². The van der Waals surface area contributed by atoms with Gasteiger partial charge in [-0.1, -0.05) is 18.2 Å². The summed E-state index contributed by atoms with van der Waals surface area (Å²) in [5.41, 5.74) is 0.398. The number of aliphatic carboxylic acids is 1. The molecule has 4 nitrogen and oxygen atoms in total. The Morgan fingerprint density at radius 2 is 2.09 bits per heavy atom. The Balaban J connectivity index is 2.11. The molecule has 0 radical (unpaired) electrons. The summed E-state index contributed by atoms with van der Waals surface area (Å²) in [5.74, 6) is -1.88. The summed E-state index contributed by atoms with van der Waals surface area (Å²) >= 11 is 0. The minimum Gasteiger partial charge on any atom is -0.481 e. The molecule has 0 aliphatic carbocycles. The Labute approximate surface area is 129 Å². The second-order valence-corrected chi connectivity index (χ2v) is 5.86. The third-order valence-corrected chi connectivity index (χ3v) is 4.34. The van der Waals surface area contributed by atoms with Crippen LogP contribution >= 0.6 is 0 Å². The van der Waals surface area contributed by atoms with E-state index in [9.17, 15) is 14.0 Å². The topological polar surface area (TPSA) is 57.6 Å². The molecule has 1 N–H and O–H groups in total. The van der Waals surface area contributed by atoms with Crippen molar-refractivity contribution in [2.75, 3.05) is 6.54 Å². The van der Waals surface area contributed by atoms with Crippen LogP contribution < -0.4 is 0 Å². The van der Waals surface area contributed by atoms with E-state index in [1.165, 1.54) is 6.07 Å². The summed E-state index contributed by atoms with van der Waals surface area (Å²) < 4.78 is 13.9. The Bertz CT molecular complexity index is 546. The highest BCUT2D eigenvalue weighted by Crippen LogP contribution is 2.27. The van der Waals surface area contributed by atoms with E-state index in [0.29, 0.717) is 18.5 Å². The van der Waals surface area contributed by atoms with E-state index in [1.807, 2.05) is 0 Å². The normalized spacial score (nSPS) is 19.7. The number of likely N-dealkylation sites (tertiary alicyclic amines) is 1. The largest absolute Gasteiger partial charge is 0.481 e. The van der Waals surface area contributed by atoms with E-state index >= 15 is 0 Å². The van der Waals surface area contributed by atoms with Crippen molar-refractivity contribution in [3.8, 4) is 0 Å². The van der Waals surface area contributed by atoms with Gasteiger partial charge in [-0.15, -0.1) is 0 Å². The highest BCUT2D eigenvalue weighted by molar-refractivity contribution is 5.83. The van der Waals surface area contributed by atoms with Gasteiger partial charge in [0.2, 0.25) is 5.91 Å². The Morgan fingerprint density at radius 3 is 2.77 bits per heavy atom. The van der Waals surface area contributed by atoms with E-state index in [2.05, 4.69) is 0 Å². The van der Waals surface area contributed by atoms with Crippen molar-refractivity contribution in [1.82, 2.24) is 4.90 Å². The summed E-state index contributed by atoms with van der Waals surface area (Å²) in [6.45, 7) is 2.34. The Hall–Kier alpha value is -1.91. The summed E-state index contributed by atoms with van der Waals surface area (Å²) in [6, 6.07) is 6.27. The first-order valence-corrected chi connectivity index (χ1v) is 7.77. The van der Waals surface area contributed by atoms with Crippen LogP contribution in [0.15, 0.2) is 24.3 Å². The van der Waals surface area contributed by atoms with Gasteiger partial charge in [0.25, 0.3) is 0 Å². The molecule has 1 aromatic rings. The SMILES string of the molecule is CC(C(=O)N1CCCCC1CCC(=O)O)c1ccccc1F. The van der Waals surface area contributed by atoms with E-state index in [0.717, 1.165) is 19.3 Å². The lowest BCUT2D eigenvalue weighted by Crippen LogP contribution is -2.45. The number of benzene rings is 1. The zero-order valence-electron chi connectivity index (χ0n) is 12.8. The van der Waals surface area contributed by atoms with Gasteiger partial charge in [-0.2, -0.15) is 0 Å². The van der Waals surface area contributed by atoms with Crippen molar-refractivity contribution in [3.05, 3.63) is 35.6 Å². The van der Waals surface area contributed by atoms with E-state index in [1.54, 1.807) is 30.0 Å². The standard InChI is InChI=1S/C17H22FNO3/c1-12(14-7-2-3-8-15(14)18)17(22)19-11-5-4-6-13(19)9-10-16(20)21/h2-3,7-8,12-13H,4-6,9-11H2,1H3,(H,20,21). The molecular weight excluding hydrogens is 285 g/mol. The molecule has 1 aliphatic rings. The lowest BCUT2D eigenvalue weighted by Gasteiger charge is -2.37. The van der Waals surface area contributed by atoms with E-state index < -0.39 is 11.9 Å². The van der Waals surface area contributed by atoms with Crippen LogP contribution in [0.2, 0.25) is 0 Å². The number of nitrogens with zero attached hydrogens (tertiary/aromatic N) is 1. The Morgan fingerprint density at radius 1 is 1.36 bits per heavy atom. The van der Waals surface area contributed by atoms with Gasteiger partial charge in [0.1, 0.15) is 5.82 Å². The molecule has 2 atom stereocenters. The highest BCUT2D eigenvalue weighted by atomic mass is 19.1. The summed E-state index contributed by atoms with van der Waals surface area (Å²) in [4.78, 5) is 25.2. The number of halogens is 1. The molecule has 0 saturated carbocycles. The summed E-state index contributed by atoms with van der Waals surface area (Å²) in [7, 11) is 0. The molecule has 5 heteroatoms. The maximum atomic E-state index is 13.9. The second-order valence-electron chi connectivity index (χ2n) is 5.86. The number of carboxylic acids is 1. The third kappa shape index (κ3) is 3.84. The third-order valence-electron chi connectivity index (χ3n) is 4.34. The fourth-order valence-electron chi connectivity index (χ4n) is 3.09. The average Bonchev–Trinajstić information content (AvgIpc) is 2.52. The molecule has 2 rings (SSSR count). The molecule has 1 aromatic carbocycles. The lowest BCUT2D eigenvalue weighted by atomic mass is 9.93. The van der Waals surface area contributed by atoms with Gasteiger partial charge < -0.3 is 10.0 Å². The number of amides is 1. The predicted molar refractivity (Wildman–Crippen MR) is 81.0 cm³/mol. The van der Waals surface area contributed by atoms with Gasteiger partial charge in [0.05, 0.1) is 5.92 Å². The summed E-state index contributed by atoms with van der Waals surface area (Å²) in [6.07, 6.45) is 3.26. The average molecular weight is 307 g/mol. The number of piperidine rings is 1. The van der Waals surface area contributed by atoms with Crippen molar-refractivity contribution in [1.29, 1.82) is 0 Å². The van der Waals surface area contributed by atoms with Gasteiger partial charge in [-0.25, -0.2) is 4.39 Å².